The van der Waals surface area contributed by atoms with Crippen molar-refractivity contribution in [2.75, 3.05) is 6.54 Å². The van der Waals surface area contributed by atoms with Crippen LogP contribution in [0.4, 0.5) is 0 Å². The van der Waals surface area contributed by atoms with Gasteiger partial charge >= 0.3 is 0 Å². The summed E-state index contributed by atoms with van der Waals surface area (Å²) in [7, 11) is -3.47. The van der Waals surface area contributed by atoms with E-state index in [4.69, 9.17) is 0 Å². The van der Waals surface area contributed by atoms with Crippen LogP contribution in [0.3, 0.4) is 0 Å². The maximum absolute atomic E-state index is 13.2. The smallest absolute Gasteiger partial charge is 0.207 e. The Hall–Kier alpha value is -2.17. The van der Waals surface area contributed by atoms with Crippen LogP contribution < -0.4 is 0 Å². The summed E-state index contributed by atoms with van der Waals surface area (Å²) >= 11 is 0. The molecule has 25 heavy (non-hydrogen) atoms. The zero-order valence-corrected chi connectivity index (χ0v) is 14.8. The van der Waals surface area contributed by atoms with Crippen molar-refractivity contribution >= 4 is 15.6 Å². The average molecular weight is 351 g/mol. The van der Waals surface area contributed by atoms with Gasteiger partial charge in [0, 0.05) is 6.54 Å². The number of allylic oxidation sites excluding steroid dienone is 1. The van der Waals surface area contributed by atoms with Crippen molar-refractivity contribution in [1.29, 1.82) is 0 Å². The molecular weight excluding hydrogens is 330 g/mol. The van der Waals surface area contributed by atoms with Crippen LogP contribution >= 0.6 is 0 Å². The highest BCUT2D eigenvalue weighted by molar-refractivity contribution is 7.89. The van der Waals surface area contributed by atoms with Gasteiger partial charge in [-0.25, -0.2) is 8.42 Å². The van der Waals surface area contributed by atoms with Crippen LogP contribution in [-0.2, 0) is 10.0 Å². The van der Waals surface area contributed by atoms with Gasteiger partial charge in [-0.1, -0.05) is 60.7 Å². The Morgan fingerprint density at radius 1 is 0.880 bits per heavy atom. The lowest BCUT2D eigenvalue weighted by Crippen LogP contribution is -2.45. The molecule has 0 bridgehead atoms. The molecule has 4 heteroatoms. The van der Waals surface area contributed by atoms with Crippen LogP contribution in [-0.4, -0.2) is 25.3 Å². The molecule has 1 aliphatic carbocycles. The predicted molar refractivity (Wildman–Crippen MR) is 100 cm³/mol. The second-order valence-corrected chi connectivity index (χ2v) is 8.37. The van der Waals surface area contributed by atoms with Crippen LogP contribution in [0.5, 0.6) is 0 Å². The highest BCUT2D eigenvalue weighted by Gasteiger charge is 2.37. The number of hydrogen-bond acceptors (Lipinski definition) is 2. The molecule has 3 nitrogen and oxygen atoms in total. The third-order valence-corrected chi connectivity index (χ3v) is 6.98. The largest absolute Gasteiger partial charge is 0.243 e. The van der Waals surface area contributed by atoms with Crippen LogP contribution in [0.1, 0.15) is 24.8 Å². The summed E-state index contributed by atoms with van der Waals surface area (Å²) in [5.74, 6) is 0. The number of hydrogen-bond donors (Lipinski definition) is 0. The Morgan fingerprint density at radius 2 is 1.56 bits per heavy atom. The van der Waals surface area contributed by atoms with Crippen LogP contribution in [0.15, 0.2) is 83.3 Å². The summed E-state index contributed by atoms with van der Waals surface area (Å²) in [6.07, 6.45) is 6.60. The molecular formula is C21H21NO2S. The van der Waals surface area contributed by atoms with Crippen molar-refractivity contribution in [3.8, 4) is 0 Å². The second-order valence-electron chi connectivity index (χ2n) is 6.48. The molecule has 1 unspecified atom stereocenters. The van der Waals surface area contributed by atoms with Crippen molar-refractivity contribution in [2.45, 2.75) is 30.2 Å². The van der Waals surface area contributed by atoms with E-state index in [1.807, 2.05) is 24.3 Å². The molecule has 2 aromatic rings. The number of sulfonamides is 1. The topological polar surface area (TPSA) is 37.4 Å². The maximum Gasteiger partial charge on any atom is 0.243 e. The monoisotopic (exact) mass is 351 g/mol. The van der Waals surface area contributed by atoms with Crippen molar-refractivity contribution in [3.63, 3.8) is 0 Å². The van der Waals surface area contributed by atoms with Gasteiger partial charge in [0.05, 0.1) is 10.9 Å². The third-order valence-electron chi connectivity index (χ3n) is 5.06. The molecule has 2 aromatic carbocycles. The summed E-state index contributed by atoms with van der Waals surface area (Å²) < 4.78 is 28.0. The van der Waals surface area contributed by atoms with E-state index in [-0.39, 0.29) is 6.04 Å². The second kappa shape index (κ2) is 6.62. The third kappa shape index (κ3) is 2.96. The predicted octanol–water partition coefficient (Wildman–Crippen LogP) is 4.25. The number of rotatable bonds is 3. The quantitative estimate of drug-likeness (QED) is 0.775. The van der Waals surface area contributed by atoms with E-state index in [0.29, 0.717) is 11.4 Å². The maximum atomic E-state index is 13.2. The lowest BCUT2D eigenvalue weighted by molar-refractivity contribution is 0.338. The molecule has 0 radical (unpaired) electrons. The summed E-state index contributed by atoms with van der Waals surface area (Å²) in [5, 5.41) is 0. The highest BCUT2D eigenvalue weighted by Crippen LogP contribution is 2.39. The SMILES string of the molecule is O=S(=O)(c1ccccc1)N1CCC(c2ccccc2)=C2CC=CCC21. The fourth-order valence-electron chi connectivity index (χ4n) is 3.85. The van der Waals surface area contributed by atoms with Gasteiger partial charge < -0.3 is 0 Å². The van der Waals surface area contributed by atoms with Gasteiger partial charge in [0.25, 0.3) is 0 Å². The Labute approximate surface area is 149 Å². The van der Waals surface area contributed by atoms with Crippen molar-refractivity contribution in [1.82, 2.24) is 4.31 Å². The first-order chi connectivity index (χ1) is 12.2. The number of fused-ring (bicyclic) bond motifs is 1. The Morgan fingerprint density at radius 3 is 2.28 bits per heavy atom. The van der Waals surface area contributed by atoms with Crippen LogP contribution in [0.2, 0.25) is 0 Å². The first-order valence-corrected chi connectivity index (χ1v) is 10.1. The Kier molecular flexibility index (Phi) is 4.32. The number of benzene rings is 2. The van der Waals surface area contributed by atoms with Crippen LogP contribution in [0, 0.1) is 0 Å². The standard InChI is InChI=1S/C21H21NO2S/c23-25(24,18-11-5-2-6-12-18)22-16-15-19(17-9-3-1-4-10-17)20-13-7-8-14-21(20)22/h1-12,21H,13-16H2. The molecule has 4 rings (SSSR count). The van der Waals surface area contributed by atoms with Gasteiger partial charge in [-0.15, -0.1) is 0 Å². The normalized spacial score (nSPS) is 21.2. The van der Waals surface area contributed by atoms with Crippen molar-refractivity contribution in [3.05, 3.63) is 84.0 Å². The fourth-order valence-corrected chi connectivity index (χ4v) is 5.50. The first-order valence-electron chi connectivity index (χ1n) is 8.67. The summed E-state index contributed by atoms with van der Waals surface area (Å²) in [4.78, 5) is 0.382. The fraction of sp³-hybridized carbons (Fsp3) is 0.238. The molecule has 1 atom stereocenters. The van der Waals surface area contributed by atoms with Gasteiger partial charge in [-0.2, -0.15) is 4.31 Å². The molecule has 0 amide bonds. The molecule has 0 saturated carbocycles. The highest BCUT2D eigenvalue weighted by atomic mass is 32.2. The van der Waals surface area contributed by atoms with Gasteiger partial charge in [-0.05, 0) is 48.1 Å². The lowest BCUT2D eigenvalue weighted by atomic mass is 9.84. The molecule has 0 saturated heterocycles. The van der Waals surface area contributed by atoms with E-state index in [1.165, 1.54) is 16.7 Å². The van der Waals surface area contributed by atoms with Gasteiger partial charge in [0.2, 0.25) is 10.0 Å². The first kappa shape index (κ1) is 16.3. The van der Waals surface area contributed by atoms with E-state index in [0.717, 1.165) is 19.3 Å². The summed E-state index contributed by atoms with van der Waals surface area (Å²) in [6.45, 7) is 0.531. The molecule has 0 spiro atoms. The molecule has 2 aliphatic rings. The van der Waals surface area contributed by atoms with Crippen molar-refractivity contribution in [2.24, 2.45) is 0 Å². The number of nitrogens with zero attached hydrogens (tertiary/aromatic N) is 1. The lowest BCUT2D eigenvalue weighted by Gasteiger charge is -2.39. The average Bonchev–Trinajstić information content (AvgIpc) is 2.68. The molecule has 0 aromatic heterocycles. The molecule has 0 N–H and O–H groups in total. The van der Waals surface area contributed by atoms with E-state index in [2.05, 4.69) is 24.3 Å². The Bertz CT molecular complexity index is 915. The van der Waals surface area contributed by atoms with Gasteiger partial charge in [0.1, 0.15) is 0 Å². The van der Waals surface area contributed by atoms with Gasteiger partial charge in [0.15, 0.2) is 0 Å². The van der Waals surface area contributed by atoms with E-state index in [9.17, 15) is 8.42 Å². The van der Waals surface area contributed by atoms with Crippen LogP contribution in [0.25, 0.3) is 5.57 Å². The van der Waals surface area contributed by atoms with E-state index < -0.39 is 10.0 Å². The molecule has 1 heterocycles. The van der Waals surface area contributed by atoms with E-state index in [1.54, 1.807) is 28.6 Å². The van der Waals surface area contributed by atoms with Gasteiger partial charge in [-0.3, -0.25) is 0 Å². The minimum absolute atomic E-state index is 0.0702. The zero-order chi connectivity index (χ0) is 17.3. The van der Waals surface area contributed by atoms with Crippen molar-refractivity contribution < 1.29 is 8.42 Å². The summed E-state index contributed by atoms with van der Waals surface area (Å²) in [6, 6.07) is 19.1. The minimum Gasteiger partial charge on any atom is -0.207 e. The summed E-state index contributed by atoms with van der Waals surface area (Å²) in [5.41, 5.74) is 3.78. The zero-order valence-electron chi connectivity index (χ0n) is 14.0. The van der Waals surface area contributed by atoms with E-state index >= 15 is 0 Å². The minimum atomic E-state index is -3.47. The molecule has 1 aliphatic heterocycles. The molecule has 0 fully saturated rings. The molecule has 128 valence electrons. The Balaban J connectivity index is 1.77.